The van der Waals surface area contributed by atoms with Crippen molar-refractivity contribution in [2.24, 2.45) is 0 Å². The number of nitrogens with one attached hydrogen (secondary N) is 4. The van der Waals surface area contributed by atoms with Gasteiger partial charge in [0.15, 0.2) is 11.6 Å². The van der Waals surface area contributed by atoms with Gasteiger partial charge >= 0.3 is 0 Å². The molecule has 2 aliphatic carbocycles. The first-order valence-electron chi connectivity index (χ1n) is 27.0. The number of ketones is 2. The maximum Gasteiger partial charge on any atom is 0.251 e. The van der Waals surface area contributed by atoms with Crippen molar-refractivity contribution in [1.82, 2.24) is 21.4 Å². The summed E-state index contributed by atoms with van der Waals surface area (Å²) in [5.41, 5.74) is 12.0. The minimum Gasteiger partial charge on any atom is -0.372 e. The summed E-state index contributed by atoms with van der Waals surface area (Å²) in [6, 6.07) is 28.0. The molecule has 0 radical (unpaired) electrons. The average molecular weight is 1010 g/mol. The van der Waals surface area contributed by atoms with Crippen molar-refractivity contribution < 1.29 is 34.0 Å². The van der Waals surface area contributed by atoms with E-state index in [9.17, 15) is 28.8 Å². The third-order valence-electron chi connectivity index (χ3n) is 14.1. The van der Waals surface area contributed by atoms with Gasteiger partial charge in [0.1, 0.15) is 0 Å². The zero-order chi connectivity index (χ0) is 53.2. The van der Waals surface area contributed by atoms with Crippen LogP contribution in [0, 0.1) is 0 Å². The summed E-state index contributed by atoms with van der Waals surface area (Å²) in [7, 11) is 1.65. The van der Waals surface area contributed by atoms with E-state index in [1.807, 2.05) is 72.8 Å². The summed E-state index contributed by atoms with van der Waals surface area (Å²) in [6.45, 7) is 12.2. The van der Waals surface area contributed by atoms with Crippen LogP contribution >= 0.6 is 0 Å². The SMILES string of the molecule is CCN(CC)c1ccc(C(=O)NC2CCc3cc(/C=C/C(=O)CCCCCCC(=O)NC)ccc32)cc1.CCN(CC)c1ccc(C(=O)NC2CCc3cc(/C=C/C(=O)CCCCCCC(=O)NO)ccc32)cc1. The van der Waals surface area contributed by atoms with Crippen molar-refractivity contribution in [3.8, 4) is 0 Å². The molecule has 4 amide bonds. The molecule has 13 nitrogen and oxygen atoms in total. The van der Waals surface area contributed by atoms with Crippen LogP contribution in [0.1, 0.15) is 184 Å². The van der Waals surface area contributed by atoms with Crippen LogP contribution in [0.4, 0.5) is 11.4 Å². The largest absolute Gasteiger partial charge is 0.372 e. The number of amides is 4. The molecule has 396 valence electrons. The number of nitrogens with zero attached hydrogens (tertiary/aromatic N) is 2. The van der Waals surface area contributed by atoms with Gasteiger partial charge in [0.25, 0.3) is 11.8 Å². The van der Waals surface area contributed by atoms with Crippen molar-refractivity contribution in [3.05, 3.63) is 142 Å². The highest BCUT2D eigenvalue weighted by atomic mass is 16.5. The monoisotopic (exact) mass is 1010 g/mol. The van der Waals surface area contributed by atoms with Crippen LogP contribution < -0.4 is 31.2 Å². The fourth-order valence-electron chi connectivity index (χ4n) is 9.69. The highest BCUT2D eigenvalue weighted by Gasteiger charge is 2.26. The van der Waals surface area contributed by atoms with Gasteiger partial charge < -0.3 is 25.8 Å². The number of unbranched alkanes of at least 4 members (excludes halogenated alkanes) is 6. The van der Waals surface area contributed by atoms with Crippen molar-refractivity contribution in [2.75, 3.05) is 43.0 Å². The molecule has 0 saturated carbocycles. The van der Waals surface area contributed by atoms with E-state index in [2.05, 4.69) is 77.7 Å². The predicted molar refractivity (Wildman–Crippen MR) is 297 cm³/mol. The summed E-state index contributed by atoms with van der Waals surface area (Å²) < 4.78 is 0. The Kier molecular flexibility index (Phi) is 24.3. The number of hydrogen-bond donors (Lipinski definition) is 5. The molecule has 0 heterocycles. The molecule has 74 heavy (non-hydrogen) atoms. The molecule has 6 rings (SSSR count). The Bertz CT molecular complexity index is 2350. The molecule has 13 heteroatoms. The summed E-state index contributed by atoms with van der Waals surface area (Å²) in [5, 5.41) is 17.5. The first-order valence-corrected chi connectivity index (χ1v) is 27.0. The highest BCUT2D eigenvalue weighted by Crippen LogP contribution is 2.34. The smallest absolute Gasteiger partial charge is 0.251 e. The minimum atomic E-state index is -0.372. The van der Waals surface area contributed by atoms with E-state index in [1.165, 1.54) is 11.1 Å². The number of benzene rings is 4. The van der Waals surface area contributed by atoms with E-state index in [-0.39, 0.29) is 47.3 Å². The zero-order valence-electron chi connectivity index (χ0n) is 44.5. The molecule has 2 aliphatic rings. The summed E-state index contributed by atoms with van der Waals surface area (Å²) >= 11 is 0. The van der Waals surface area contributed by atoms with E-state index >= 15 is 0 Å². The summed E-state index contributed by atoms with van der Waals surface area (Å²) in [6.07, 6.45) is 19.3. The number of hydrogen-bond acceptors (Lipinski definition) is 9. The van der Waals surface area contributed by atoms with Gasteiger partial charge in [-0.3, -0.25) is 34.0 Å². The zero-order valence-corrected chi connectivity index (χ0v) is 44.5. The van der Waals surface area contributed by atoms with Gasteiger partial charge in [0.05, 0.1) is 12.1 Å². The number of aryl methyl sites for hydroxylation is 2. The second kappa shape index (κ2) is 31.0. The van der Waals surface area contributed by atoms with Crippen molar-refractivity contribution >= 4 is 58.7 Å². The van der Waals surface area contributed by atoms with Crippen LogP contribution in [0.25, 0.3) is 12.2 Å². The molecular weight excluding hydrogens is 929 g/mol. The van der Waals surface area contributed by atoms with Gasteiger partial charge in [0.2, 0.25) is 11.8 Å². The van der Waals surface area contributed by atoms with Gasteiger partial charge in [-0.25, -0.2) is 5.48 Å². The van der Waals surface area contributed by atoms with Gasteiger partial charge in [-0.2, -0.15) is 0 Å². The standard InChI is InChI=1S/C31H41N3O3.C30H39N3O4/c1-4-34(5-2)26-17-14-24(15-18-26)31(37)33-29-21-16-25-22-23(13-20-28(25)29)12-19-27(35)10-8-6-7-9-11-30(36)32-3;1-3-33(4-2)25-16-13-23(14-17-25)30(36)31-28-20-15-24-21-22(12-19-27(24)28)11-18-26(34)9-7-5-6-8-10-29(35)32-37/h12-15,17-20,22,29H,4-11,16,21H2,1-3H3,(H,32,36)(H,33,37);11-14,16-19,21,28,37H,3-10,15,20H2,1-2H3,(H,31,36)(H,32,35)/b19-12+;18-11+. The first-order chi connectivity index (χ1) is 35.9. The normalized spacial score (nSPS) is 14.4. The second-order valence-corrected chi connectivity index (χ2v) is 19.1. The van der Waals surface area contributed by atoms with Crippen LogP contribution in [0.3, 0.4) is 0 Å². The van der Waals surface area contributed by atoms with Crippen LogP contribution in [-0.2, 0) is 32.0 Å². The van der Waals surface area contributed by atoms with Gasteiger partial charge in [-0.05, 0) is 173 Å². The molecule has 2 unspecified atom stereocenters. The number of fused-ring (bicyclic) bond motifs is 2. The molecule has 0 aromatic heterocycles. The second-order valence-electron chi connectivity index (χ2n) is 19.1. The number of hydroxylamine groups is 1. The molecule has 4 aromatic rings. The van der Waals surface area contributed by atoms with Crippen LogP contribution in [-0.4, -0.2) is 73.6 Å². The molecule has 4 aromatic carbocycles. The van der Waals surface area contributed by atoms with Crippen molar-refractivity contribution in [2.45, 2.75) is 143 Å². The predicted octanol–water partition coefficient (Wildman–Crippen LogP) is 11.0. The quantitative estimate of drug-likeness (QED) is 0.0160. The fraction of sp³-hybridized carbons (Fsp3) is 0.443. The van der Waals surface area contributed by atoms with Crippen LogP contribution in [0.15, 0.2) is 97.1 Å². The first kappa shape index (κ1) is 58.0. The Hall–Kier alpha value is -6.86. The lowest BCUT2D eigenvalue weighted by Gasteiger charge is -2.21. The number of rotatable bonds is 28. The van der Waals surface area contributed by atoms with Gasteiger partial charge in [-0.15, -0.1) is 0 Å². The van der Waals surface area contributed by atoms with E-state index in [1.54, 1.807) is 24.7 Å². The lowest BCUT2D eigenvalue weighted by atomic mass is 10.0. The number of carbonyl (C=O) groups is 6. The maximum absolute atomic E-state index is 12.9. The highest BCUT2D eigenvalue weighted by molar-refractivity contribution is 5.96. The number of carbonyl (C=O) groups excluding carboxylic acids is 6. The Labute approximate surface area is 439 Å². The minimum absolute atomic E-state index is 0.00641. The van der Waals surface area contributed by atoms with E-state index in [0.29, 0.717) is 43.2 Å². The van der Waals surface area contributed by atoms with E-state index < -0.39 is 0 Å². The Balaban J connectivity index is 0.000000274. The number of allylic oxidation sites excluding steroid dienone is 2. The summed E-state index contributed by atoms with van der Waals surface area (Å²) in [5.74, 6) is -0.192. The maximum atomic E-state index is 12.9. The molecule has 0 spiro atoms. The van der Waals surface area contributed by atoms with Gasteiger partial charge in [-0.1, -0.05) is 74.2 Å². The lowest BCUT2D eigenvalue weighted by Crippen LogP contribution is -2.27. The van der Waals surface area contributed by atoms with E-state index in [0.717, 1.165) is 130 Å². The van der Waals surface area contributed by atoms with E-state index in [4.69, 9.17) is 5.21 Å². The Morgan fingerprint density at radius 1 is 0.514 bits per heavy atom. The van der Waals surface area contributed by atoms with Crippen molar-refractivity contribution in [3.63, 3.8) is 0 Å². The molecule has 0 saturated heterocycles. The Morgan fingerprint density at radius 2 is 0.892 bits per heavy atom. The van der Waals surface area contributed by atoms with Crippen molar-refractivity contribution in [1.29, 1.82) is 0 Å². The fourth-order valence-corrected chi connectivity index (χ4v) is 9.69. The Morgan fingerprint density at radius 3 is 1.26 bits per heavy atom. The van der Waals surface area contributed by atoms with Crippen LogP contribution in [0.2, 0.25) is 0 Å². The third kappa shape index (κ3) is 18.3. The summed E-state index contributed by atoms with van der Waals surface area (Å²) in [4.78, 5) is 76.9. The molecular formula is C61H80N6O7. The molecule has 0 aliphatic heterocycles. The third-order valence-corrected chi connectivity index (χ3v) is 14.1. The van der Waals surface area contributed by atoms with Crippen LogP contribution in [0.5, 0.6) is 0 Å². The number of anilines is 2. The molecule has 0 bridgehead atoms. The lowest BCUT2D eigenvalue weighted by molar-refractivity contribution is -0.129. The topological polar surface area (TPSA) is 177 Å². The average Bonchev–Trinajstić information content (AvgIpc) is 4.02. The molecule has 2 atom stereocenters. The molecule has 5 N–H and O–H groups in total. The van der Waals surface area contributed by atoms with Gasteiger partial charge in [0, 0.05) is 81.4 Å². The molecule has 0 fully saturated rings.